The minimum Gasteiger partial charge on any atom is -0.497 e. The third-order valence-electron chi connectivity index (χ3n) is 4.98. The van der Waals surface area contributed by atoms with Crippen LogP contribution in [0.4, 0.5) is 4.39 Å². The molecular weight excluding hydrogens is 413 g/mol. The number of Topliss-reactive ketones (excluding diaryl/α,β-unsaturated/α-hetero) is 1. The molecule has 3 rings (SSSR count). The summed E-state index contributed by atoms with van der Waals surface area (Å²) in [5.74, 6) is -1.34. The van der Waals surface area contributed by atoms with Crippen molar-refractivity contribution in [2.45, 2.75) is 17.7 Å². The van der Waals surface area contributed by atoms with Crippen LogP contribution in [0.1, 0.15) is 23.2 Å². The molecule has 0 saturated carbocycles. The number of carbonyl (C=O) groups excluding carboxylic acids is 2. The number of sulfonamides is 1. The highest BCUT2D eigenvalue weighted by molar-refractivity contribution is 7.89. The second kappa shape index (κ2) is 9.36. The third kappa shape index (κ3) is 5.03. The minimum absolute atomic E-state index is 0.00816. The summed E-state index contributed by atoms with van der Waals surface area (Å²) in [5, 5.41) is 0. The van der Waals surface area contributed by atoms with E-state index in [2.05, 4.69) is 0 Å². The Kier molecular flexibility index (Phi) is 6.84. The number of piperidine rings is 1. The lowest BCUT2D eigenvalue weighted by Crippen LogP contribution is -2.40. The Hall–Kier alpha value is -2.78. The first-order valence-electron chi connectivity index (χ1n) is 9.41. The summed E-state index contributed by atoms with van der Waals surface area (Å²) in [7, 11) is -2.26. The van der Waals surface area contributed by atoms with Crippen molar-refractivity contribution in [1.29, 1.82) is 0 Å². The molecule has 0 bridgehead atoms. The standard InChI is InChI=1S/C21H22FNO6S/c1-28-18-4-2-3-16(13-18)20(24)14-29-21(25)15-9-11-23(12-10-15)30(26,27)19-7-5-17(22)6-8-19/h2-8,13,15H,9-12,14H2,1H3. The number of benzene rings is 2. The molecule has 0 N–H and O–H groups in total. The first kappa shape index (κ1) is 21.9. The zero-order valence-corrected chi connectivity index (χ0v) is 17.2. The molecule has 1 heterocycles. The van der Waals surface area contributed by atoms with Gasteiger partial charge in [-0.3, -0.25) is 9.59 Å². The number of ketones is 1. The van der Waals surface area contributed by atoms with E-state index in [9.17, 15) is 22.4 Å². The van der Waals surface area contributed by atoms with Gasteiger partial charge in [-0.2, -0.15) is 4.31 Å². The highest BCUT2D eigenvalue weighted by Gasteiger charge is 2.33. The van der Waals surface area contributed by atoms with E-state index in [-0.39, 0.29) is 43.2 Å². The maximum absolute atomic E-state index is 13.0. The van der Waals surface area contributed by atoms with E-state index >= 15 is 0 Å². The highest BCUT2D eigenvalue weighted by atomic mass is 32.2. The fourth-order valence-corrected chi connectivity index (χ4v) is 4.69. The molecule has 1 aliphatic rings. The quantitative estimate of drug-likeness (QED) is 0.491. The Balaban J connectivity index is 1.52. The zero-order chi connectivity index (χ0) is 21.7. The van der Waals surface area contributed by atoms with Gasteiger partial charge in [0.1, 0.15) is 11.6 Å². The van der Waals surface area contributed by atoms with E-state index in [1.807, 2.05) is 0 Å². The van der Waals surface area contributed by atoms with Crippen LogP contribution >= 0.6 is 0 Å². The Morgan fingerprint density at radius 3 is 2.40 bits per heavy atom. The van der Waals surface area contributed by atoms with E-state index in [0.29, 0.717) is 11.3 Å². The Morgan fingerprint density at radius 1 is 1.10 bits per heavy atom. The largest absolute Gasteiger partial charge is 0.497 e. The fraction of sp³-hybridized carbons (Fsp3) is 0.333. The van der Waals surface area contributed by atoms with E-state index in [1.165, 1.54) is 23.5 Å². The van der Waals surface area contributed by atoms with Gasteiger partial charge in [-0.25, -0.2) is 12.8 Å². The molecule has 0 unspecified atom stereocenters. The number of esters is 1. The molecule has 0 aliphatic carbocycles. The average molecular weight is 435 g/mol. The van der Waals surface area contributed by atoms with Gasteiger partial charge < -0.3 is 9.47 Å². The van der Waals surface area contributed by atoms with Crippen LogP contribution in [0.2, 0.25) is 0 Å². The van der Waals surface area contributed by atoms with Crippen LogP contribution in [0.15, 0.2) is 53.4 Å². The molecule has 2 aromatic rings. The molecule has 1 aliphatic heterocycles. The van der Waals surface area contributed by atoms with E-state index in [4.69, 9.17) is 9.47 Å². The molecule has 0 spiro atoms. The maximum atomic E-state index is 13.0. The minimum atomic E-state index is -3.75. The lowest BCUT2D eigenvalue weighted by atomic mass is 9.98. The summed E-state index contributed by atoms with van der Waals surface area (Å²) in [6.07, 6.45) is 0.569. The summed E-state index contributed by atoms with van der Waals surface area (Å²) in [4.78, 5) is 24.5. The van der Waals surface area contributed by atoms with Crippen molar-refractivity contribution in [2.24, 2.45) is 5.92 Å². The summed E-state index contributed by atoms with van der Waals surface area (Å²) in [5.41, 5.74) is 0.377. The first-order chi connectivity index (χ1) is 14.3. The molecular formula is C21H22FNO6S. The highest BCUT2D eigenvalue weighted by Crippen LogP contribution is 2.25. The van der Waals surface area contributed by atoms with Gasteiger partial charge in [0.05, 0.1) is 17.9 Å². The van der Waals surface area contributed by atoms with Crippen molar-refractivity contribution in [3.8, 4) is 5.75 Å². The molecule has 0 radical (unpaired) electrons. The van der Waals surface area contributed by atoms with Crippen molar-refractivity contribution in [2.75, 3.05) is 26.8 Å². The molecule has 30 heavy (non-hydrogen) atoms. The summed E-state index contributed by atoms with van der Waals surface area (Å²) < 4.78 is 49.8. The Bertz CT molecular complexity index is 1010. The van der Waals surface area contributed by atoms with Gasteiger partial charge in [0.25, 0.3) is 0 Å². The molecule has 2 aromatic carbocycles. The lowest BCUT2D eigenvalue weighted by molar-refractivity contribution is -0.148. The summed E-state index contributed by atoms with van der Waals surface area (Å²) in [6, 6.07) is 11.2. The van der Waals surface area contributed by atoms with Gasteiger partial charge in [-0.1, -0.05) is 12.1 Å². The van der Waals surface area contributed by atoms with E-state index < -0.39 is 27.7 Å². The fourth-order valence-electron chi connectivity index (χ4n) is 3.22. The number of nitrogens with zero attached hydrogens (tertiary/aromatic N) is 1. The number of hydrogen-bond donors (Lipinski definition) is 0. The third-order valence-corrected chi connectivity index (χ3v) is 6.89. The van der Waals surface area contributed by atoms with Crippen LogP contribution in [0.5, 0.6) is 5.75 Å². The number of carbonyl (C=O) groups is 2. The van der Waals surface area contributed by atoms with Crippen molar-refractivity contribution >= 4 is 21.8 Å². The molecule has 9 heteroatoms. The van der Waals surface area contributed by atoms with Crippen LogP contribution in [-0.4, -0.2) is 51.3 Å². The smallest absolute Gasteiger partial charge is 0.309 e. The summed E-state index contributed by atoms with van der Waals surface area (Å²) >= 11 is 0. The Labute approximate surface area is 174 Å². The molecule has 0 aromatic heterocycles. The number of methoxy groups -OCH3 is 1. The van der Waals surface area contributed by atoms with Gasteiger partial charge in [0, 0.05) is 18.7 Å². The number of hydrogen-bond acceptors (Lipinski definition) is 6. The van der Waals surface area contributed by atoms with Crippen molar-refractivity contribution in [1.82, 2.24) is 4.31 Å². The second-order valence-electron chi connectivity index (χ2n) is 6.90. The van der Waals surface area contributed by atoms with Crippen LogP contribution in [0.3, 0.4) is 0 Å². The monoisotopic (exact) mass is 435 g/mol. The van der Waals surface area contributed by atoms with Crippen LogP contribution in [-0.2, 0) is 19.6 Å². The van der Waals surface area contributed by atoms with Gasteiger partial charge in [0.2, 0.25) is 10.0 Å². The normalized spacial score (nSPS) is 15.5. The molecule has 1 saturated heterocycles. The predicted molar refractivity (Wildman–Crippen MR) is 106 cm³/mol. The van der Waals surface area contributed by atoms with Crippen molar-refractivity contribution in [3.05, 3.63) is 59.9 Å². The van der Waals surface area contributed by atoms with E-state index in [0.717, 1.165) is 12.1 Å². The lowest BCUT2D eigenvalue weighted by Gasteiger charge is -2.30. The number of ether oxygens (including phenoxy) is 2. The second-order valence-corrected chi connectivity index (χ2v) is 8.83. The Morgan fingerprint density at radius 2 is 1.77 bits per heavy atom. The van der Waals surface area contributed by atoms with Gasteiger partial charge >= 0.3 is 5.97 Å². The number of halogens is 1. The molecule has 7 nitrogen and oxygen atoms in total. The molecule has 160 valence electrons. The van der Waals surface area contributed by atoms with Gasteiger partial charge in [0.15, 0.2) is 12.4 Å². The van der Waals surface area contributed by atoms with Crippen LogP contribution in [0.25, 0.3) is 0 Å². The first-order valence-corrected chi connectivity index (χ1v) is 10.8. The van der Waals surface area contributed by atoms with E-state index in [1.54, 1.807) is 24.3 Å². The summed E-state index contributed by atoms with van der Waals surface area (Å²) in [6.45, 7) is -0.104. The van der Waals surface area contributed by atoms with Gasteiger partial charge in [-0.05, 0) is 49.2 Å². The average Bonchev–Trinajstić information content (AvgIpc) is 2.77. The van der Waals surface area contributed by atoms with Crippen LogP contribution < -0.4 is 4.74 Å². The van der Waals surface area contributed by atoms with Crippen molar-refractivity contribution in [3.63, 3.8) is 0 Å². The SMILES string of the molecule is COc1cccc(C(=O)COC(=O)C2CCN(S(=O)(=O)c3ccc(F)cc3)CC2)c1. The van der Waals surface area contributed by atoms with Crippen LogP contribution in [0, 0.1) is 11.7 Å². The molecule has 0 atom stereocenters. The zero-order valence-electron chi connectivity index (χ0n) is 16.4. The predicted octanol–water partition coefficient (Wildman–Crippen LogP) is 2.66. The number of rotatable bonds is 7. The van der Waals surface area contributed by atoms with Crippen molar-refractivity contribution < 1.29 is 31.9 Å². The molecule has 0 amide bonds. The maximum Gasteiger partial charge on any atom is 0.309 e. The van der Waals surface area contributed by atoms with Gasteiger partial charge in [-0.15, -0.1) is 0 Å². The topological polar surface area (TPSA) is 90.0 Å². The molecule has 1 fully saturated rings.